The predicted molar refractivity (Wildman–Crippen MR) is 111 cm³/mol. The Bertz CT molecular complexity index is 844. The van der Waals surface area contributed by atoms with Crippen molar-refractivity contribution < 1.29 is 14.3 Å². The molecule has 0 atom stereocenters. The molecule has 0 unspecified atom stereocenters. The number of ether oxygens (including phenoxy) is 1. The van der Waals surface area contributed by atoms with Gasteiger partial charge in [-0.25, -0.2) is 4.79 Å². The molecular weight excluding hydrogens is 384 g/mol. The lowest BCUT2D eigenvalue weighted by molar-refractivity contribution is -0.114. The van der Waals surface area contributed by atoms with E-state index in [2.05, 4.69) is 10.6 Å². The highest BCUT2D eigenvalue weighted by molar-refractivity contribution is 7.18. The lowest BCUT2D eigenvalue weighted by atomic mass is 9.95. The second-order valence-electron chi connectivity index (χ2n) is 6.68. The summed E-state index contributed by atoms with van der Waals surface area (Å²) in [5.74, 6) is -0.812. The molecule has 1 aliphatic carbocycles. The van der Waals surface area contributed by atoms with E-state index in [1.54, 1.807) is 0 Å². The molecule has 1 aromatic carbocycles. The van der Waals surface area contributed by atoms with E-state index in [0.29, 0.717) is 21.6 Å². The van der Waals surface area contributed by atoms with E-state index >= 15 is 0 Å². The van der Waals surface area contributed by atoms with Gasteiger partial charge in [-0.1, -0.05) is 43.0 Å². The maximum atomic E-state index is 12.1. The molecule has 1 aromatic heterocycles. The third-order valence-electron chi connectivity index (χ3n) is 4.62. The molecule has 0 radical (unpaired) electrons. The van der Waals surface area contributed by atoms with Gasteiger partial charge < -0.3 is 15.4 Å². The van der Waals surface area contributed by atoms with Crippen LogP contribution in [-0.2, 0) is 9.53 Å². The highest BCUT2D eigenvalue weighted by Gasteiger charge is 2.24. The van der Waals surface area contributed by atoms with E-state index in [9.17, 15) is 9.59 Å². The van der Waals surface area contributed by atoms with Gasteiger partial charge in [0, 0.05) is 18.7 Å². The first-order chi connectivity index (χ1) is 13.0. The first kappa shape index (κ1) is 19.7. The van der Waals surface area contributed by atoms with Crippen LogP contribution in [0.3, 0.4) is 0 Å². The van der Waals surface area contributed by atoms with Crippen LogP contribution < -0.4 is 10.6 Å². The maximum absolute atomic E-state index is 12.1. The number of hydrogen-bond acceptors (Lipinski definition) is 5. The molecule has 2 N–H and O–H groups in total. The molecule has 3 rings (SSSR count). The number of benzene rings is 1. The molecule has 0 aliphatic heterocycles. The molecule has 0 spiro atoms. The van der Waals surface area contributed by atoms with Crippen LogP contribution in [0, 0.1) is 0 Å². The number of amides is 1. The molecule has 1 amide bonds. The van der Waals surface area contributed by atoms with Gasteiger partial charge in [0.1, 0.15) is 4.88 Å². The van der Waals surface area contributed by atoms with E-state index in [0.717, 1.165) is 16.1 Å². The average Bonchev–Trinajstić information content (AvgIpc) is 2.98. The quantitative estimate of drug-likeness (QED) is 0.638. The standard InChI is InChI=1S/C20H23ClN2O3S/c1-12(24)22-17-16(21)18(27-19(17)20(25)26-2)13-7-6-10-15(11-13)23-14-8-4-3-5-9-14/h6-7,10-11,14,23H,3-5,8-9H2,1-2H3,(H,22,24). The zero-order valence-electron chi connectivity index (χ0n) is 15.4. The van der Waals surface area contributed by atoms with Crippen molar-refractivity contribution in [1.82, 2.24) is 0 Å². The predicted octanol–water partition coefficient (Wildman–Crippen LogP) is 5.56. The van der Waals surface area contributed by atoms with Gasteiger partial charge in [0.25, 0.3) is 0 Å². The van der Waals surface area contributed by atoms with Gasteiger partial charge in [-0.3, -0.25) is 4.79 Å². The molecule has 1 saturated carbocycles. The van der Waals surface area contributed by atoms with E-state index in [-0.39, 0.29) is 5.91 Å². The number of methoxy groups -OCH3 is 1. The van der Waals surface area contributed by atoms with Crippen LogP contribution >= 0.6 is 22.9 Å². The van der Waals surface area contributed by atoms with Crippen LogP contribution in [0.25, 0.3) is 10.4 Å². The van der Waals surface area contributed by atoms with Crippen molar-refractivity contribution in [3.8, 4) is 10.4 Å². The lowest BCUT2D eigenvalue weighted by Gasteiger charge is -2.24. The molecule has 1 aliphatic rings. The largest absolute Gasteiger partial charge is 0.465 e. The van der Waals surface area contributed by atoms with E-state index < -0.39 is 5.97 Å². The summed E-state index contributed by atoms with van der Waals surface area (Å²) in [5, 5.41) is 6.60. The second-order valence-corrected chi connectivity index (χ2v) is 8.08. The molecule has 27 heavy (non-hydrogen) atoms. The monoisotopic (exact) mass is 406 g/mol. The van der Waals surface area contributed by atoms with Gasteiger partial charge in [0.15, 0.2) is 0 Å². The number of carbonyl (C=O) groups excluding carboxylic acids is 2. The topological polar surface area (TPSA) is 67.4 Å². The number of rotatable bonds is 5. The van der Waals surface area contributed by atoms with Crippen molar-refractivity contribution in [2.75, 3.05) is 17.7 Å². The van der Waals surface area contributed by atoms with Gasteiger partial charge >= 0.3 is 5.97 Å². The van der Waals surface area contributed by atoms with Crippen molar-refractivity contribution in [1.29, 1.82) is 0 Å². The number of nitrogens with one attached hydrogen (secondary N) is 2. The summed E-state index contributed by atoms with van der Waals surface area (Å²) in [7, 11) is 1.31. The first-order valence-corrected chi connectivity index (χ1v) is 10.2. The number of carbonyl (C=O) groups is 2. The highest BCUT2D eigenvalue weighted by atomic mass is 35.5. The minimum atomic E-state index is -0.520. The van der Waals surface area contributed by atoms with Crippen LogP contribution in [0.15, 0.2) is 24.3 Å². The Labute approximate surface area is 168 Å². The Kier molecular flexibility index (Phi) is 6.39. The molecule has 2 aromatic rings. The van der Waals surface area contributed by atoms with Crippen LogP contribution in [0.4, 0.5) is 11.4 Å². The van der Waals surface area contributed by atoms with Crippen LogP contribution in [-0.4, -0.2) is 25.0 Å². The minimum absolute atomic E-state index is 0.290. The smallest absolute Gasteiger partial charge is 0.350 e. The fraction of sp³-hybridized carbons (Fsp3) is 0.400. The zero-order valence-corrected chi connectivity index (χ0v) is 17.0. The molecule has 5 nitrogen and oxygen atoms in total. The summed E-state index contributed by atoms with van der Waals surface area (Å²) in [6, 6.07) is 8.48. The molecule has 1 fully saturated rings. The van der Waals surface area contributed by atoms with Crippen molar-refractivity contribution in [3.05, 3.63) is 34.2 Å². The Morgan fingerprint density at radius 1 is 1.22 bits per heavy atom. The van der Waals surface area contributed by atoms with Crippen molar-refractivity contribution >= 4 is 46.2 Å². The summed E-state index contributed by atoms with van der Waals surface area (Å²) in [4.78, 5) is 24.7. The molecule has 144 valence electrons. The van der Waals surface area contributed by atoms with Gasteiger partial charge in [-0.15, -0.1) is 11.3 Å². The van der Waals surface area contributed by atoms with Gasteiger partial charge in [0.05, 0.1) is 22.7 Å². The third-order valence-corrected chi connectivity index (χ3v) is 6.33. The van der Waals surface area contributed by atoms with Crippen LogP contribution in [0.5, 0.6) is 0 Å². The van der Waals surface area contributed by atoms with Gasteiger partial charge in [-0.05, 0) is 30.5 Å². The van der Waals surface area contributed by atoms with Crippen molar-refractivity contribution in [2.24, 2.45) is 0 Å². The number of halogens is 1. The summed E-state index contributed by atoms with van der Waals surface area (Å²) < 4.78 is 4.84. The number of anilines is 2. The van der Waals surface area contributed by atoms with E-state index in [1.807, 2.05) is 24.3 Å². The molecular formula is C20H23ClN2O3S. The third kappa shape index (κ3) is 4.62. The fourth-order valence-corrected chi connectivity index (χ4v) is 4.84. The normalized spacial score (nSPS) is 14.6. The second kappa shape index (κ2) is 8.76. The molecule has 0 saturated heterocycles. The van der Waals surface area contributed by atoms with Crippen LogP contribution in [0.1, 0.15) is 48.7 Å². The maximum Gasteiger partial charge on any atom is 0.350 e. The number of hydrogen-bond donors (Lipinski definition) is 2. The summed E-state index contributed by atoms with van der Waals surface area (Å²) in [5.41, 5.74) is 2.23. The Morgan fingerprint density at radius 3 is 2.63 bits per heavy atom. The first-order valence-electron chi connectivity index (χ1n) is 9.04. The Balaban J connectivity index is 1.93. The fourth-order valence-electron chi connectivity index (χ4n) is 3.35. The zero-order chi connectivity index (χ0) is 19.4. The van der Waals surface area contributed by atoms with E-state index in [1.165, 1.54) is 57.5 Å². The van der Waals surface area contributed by atoms with Gasteiger partial charge in [-0.2, -0.15) is 0 Å². The highest BCUT2D eigenvalue weighted by Crippen LogP contribution is 2.44. The van der Waals surface area contributed by atoms with Crippen molar-refractivity contribution in [3.63, 3.8) is 0 Å². The summed E-state index contributed by atoms with van der Waals surface area (Å²) in [6.45, 7) is 1.38. The summed E-state index contributed by atoms with van der Waals surface area (Å²) in [6.07, 6.45) is 6.20. The Morgan fingerprint density at radius 2 is 1.96 bits per heavy atom. The molecule has 1 heterocycles. The summed E-state index contributed by atoms with van der Waals surface area (Å²) >= 11 is 7.74. The van der Waals surface area contributed by atoms with Crippen LogP contribution in [0.2, 0.25) is 5.02 Å². The Hall–Kier alpha value is -2.05. The molecule has 0 bridgehead atoms. The SMILES string of the molecule is COC(=O)c1sc(-c2cccc(NC3CCCCC3)c2)c(Cl)c1NC(C)=O. The number of esters is 1. The van der Waals surface area contributed by atoms with Crippen molar-refractivity contribution in [2.45, 2.75) is 45.1 Å². The lowest BCUT2D eigenvalue weighted by Crippen LogP contribution is -2.22. The van der Waals surface area contributed by atoms with Gasteiger partial charge in [0.2, 0.25) is 5.91 Å². The van der Waals surface area contributed by atoms with E-state index in [4.69, 9.17) is 16.3 Å². The minimum Gasteiger partial charge on any atom is -0.465 e. The molecule has 7 heteroatoms. The average molecular weight is 407 g/mol. The number of thiophene rings is 1.